The Hall–Kier alpha value is -1.38. The summed E-state index contributed by atoms with van der Waals surface area (Å²) in [7, 11) is -3.87. The fourth-order valence-electron chi connectivity index (χ4n) is 2.14. The first kappa shape index (κ1) is 14.0. The van der Waals surface area contributed by atoms with E-state index in [1.807, 2.05) is 6.92 Å². The van der Waals surface area contributed by atoms with Crippen molar-refractivity contribution < 1.29 is 17.6 Å². The topological polar surface area (TPSA) is 106 Å². The lowest BCUT2D eigenvalue weighted by molar-refractivity contribution is 0.0622. The number of amides is 1. The van der Waals surface area contributed by atoms with Crippen molar-refractivity contribution in [2.75, 3.05) is 19.6 Å². The van der Waals surface area contributed by atoms with Gasteiger partial charge in [-0.05, 0) is 13.8 Å². The number of primary sulfonamides is 1. The van der Waals surface area contributed by atoms with Crippen LogP contribution in [0, 0.1) is 6.92 Å². The van der Waals surface area contributed by atoms with Crippen LogP contribution in [0.2, 0.25) is 0 Å². The van der Waals surface area contributed by atoms with Gasteiger partial charge in [0.1, 0.15) is 10.7 Å². The third-order valence-electron chi connectivity index (χ3n) is 3.15. The number of aryl methyl sites for hydroxylation is 1. The molecule has 3 N–H and O–H groups in total. The zero-order chi connectivity index (χ0) is 14.2. The van der Waals surface area contributed by atoms with E-state index in [0.29, 0.717) is 19.6 Å². The van der Waals surface area contributed by atoms with Gasteiger partial charge >= 0.3 is 0 Å². The molecule has 1 fully saturated rings. The van der Waals surface area contributed by atoms with Gasteiger partial charge in [-0.2, -0.15) is 0 Å². The average molecular weight is 287 g/mol. The van der Waals surface area contributed by atoms with Crippen LogP contribution in [0.25, 0.3) is 0 Å². The molecule has 0 radical (unpaired) electrons. The molecule has 8 heteroatoms. The Balaban J connectivity index is 2.30. The number of nitrogens with two attached hydrogens (primary N) is 1. The Morgan fingerprint density at radius 3 is 2.79 bits per heavy atom. The smallest absolute Gasteiger partial charge is 0.289 e. The molecule has 1 amide bonds. The van der Waals surface area contributed by atoms with Gasteiger partial charge in [0.25, 0.3) is 5.91 Å². The second-order valence-electron chi connectivity index (χ2n) is 4.63. The second-order valence-corrected chi connectivity index (χ2v) is 6.16. The first-order chi connectivity index (χ1) is 8.80. The lowest BCUT2D eigenvalue weighted by atomic mass is 10.2. The highest BCUT2D eigenvalue weighted by Gasteiger charge is 2.28. The molecule has 0 saturated carbocycles. The Labute approximate surface area is 111 Å². The van der Waals surface area contributed by atoms with Crippen molar-refractivity contribution in [1.82, 2.24) is 10.2 Å². The van der Waals surface area contributed by atoms with Crippen molar-refractivity contribution in [2.45, 2.75) is 24.8 Å². The summed E-state index contributed by atoms with van der Waals surface area (Å²) in [5.41, 5.74) is 0. The standard InChI is InChI=1S/C11H17N3O4S/c1-7-6-13-3-4-14(7)11(15)9-5-10(8(2)18-9)19(12,16)17/h5,7,13H,3-4,6H2,1-2H3,(H2,12,16,17). The highest BCUT2D eigenvalue weighted by Crippen LogP contribution is 2.21. The summed E-state index contributed by atoms with van der Waals surface area (Å²) in [6, 6.07) is 1.23. The molecule has 19 heavy (non-hydrogen) atoms. The van der Waals surface area contributed by atoms with E-state index in [9.17, 15) is 13.2 Å². The van der Waals surface area contributed by atoms with Crippen molar-refractivity contribution >= 4 is 15.9 Å². The number of hydrogen-bond acceptors (Lipinski definition) is 5. The molecular formula is C11H17N3O4S. The first-order valence-corrected chi connectivity index (χ1v) is 7.50. The molecule has 0 aliphatic carbocycles. The van der Waals surface area contributed by atoms with Crippen molar-refractivity contribution in [3.8, 4) is 0 Å². The predicted molar refractivity (Wildman–Crippen MR) is 68.2 cm³/mol. The van der Waals surface area contributed by atoms with Crippen LogP contribution in [0.1, 0.15) is 23.2 Å². The molecule has 106 valence electrons. The Morgan fingerprint density at radius 1 is 1.58 bits per heavy atom. The molecule has 0 aromatic carbocycles. The maximum absolute atomic E-state index is 12.3. The highest BCUT2D eigenvalue weighted by molar-refractivity contribution is 7.89. The van der Waals surface area contributed by atoms with Crippen LogP contribution >= 0.6 is 0 Å². The highest BCUT2D eigenvalue weighted by atomic mass is 32.2. The maximum Gasteiger partial charge on any atom is 0.289 e. The van der Waals surface area contributed by atoms with Gasteiger partial charge in [0.2, 0.25) is 10.0 Å². The summed E-state index contributed by atoms with van der Waals surface area (Å²) >= 11 is 0. The average Bonchev–Trinajstić information content (AvgIpc) is 2.71. The van der Waals surface area contributed by atoms with E-state index in [0.717, 1.165) is 0 Å². The van der Waals surface area contributed by atoms with Crippen molar-refractivity contribution in [1.29, 1.82) is 0 Å². The third kappa shape index (κ3) is 2.80. The third-order valence-corrected chi connectivity index (χ3v) is 4.17. The van der Waals surface area contributed by atoms with Crippen LogP contribution in [0.4, 0.5) is 0 Å². The predicted octanol–water partition coefficient (Wildman–Crippen LogP) is -0.331. The van der Waals surface area contributed by atoms with Crippen LogP contribution in [0.3, 0.4) is 0 Å². The Kier molecular flexibility index (Phi) is 3.66. The van der Waals surface area contributed by atoms with Gasteiger partial charge in [0, 0.05) is 31.7 Å². The minimum absolute atomic E-state index is 0.00951. The lowest BCUT2D eigenvalue weighted by Crippen LogP contribution is -2.52. The molecule has 0 spiro atoms. The van der Waals surface area contributed by atoms with E-state index in [1.54, 1.807) is 4.90 Å². The summed E-state index contributed by atoms with van der Waals surface area (Å²) in [6.07, 6.45) is 0. The van der Waals surface area contributed by atoms with Gasteiger partial charge in [-0.3, -0.25) is 4.79 Å². The zero-order valence-corrected chi connectivity index (χ0v) is 11.7. The lowest BCUT2D eigenvalue weighted by Gasteiger charge is -2.33. The minimum atomic E-state index is -3.87. The Bertz CT molecular complexity index is 593. The van der Waals surface area contributed by atoms with E-state index in [-0.39, 0.29) is 28.4 Å². The SMILES string of the molecule is Cc1oc(C(=O)N2CCNCC2C)cc1S(N)(=O)=O. The molecule has 1 atom stereocenters. The Morgan fingerprint density at radius 2 is 2.26 bits per heavy atom. The van der Waals surface area contributed by atoms with E-state index in [2.05, 4.69) is 5.32 Å². The van der Waals surface area contributed by atoms with Crippen LogP contribution in [-0.4, -0.2) is 44.9 Å². The molecular weight excluding hydrogens is 270 g/mol. The van der Waals surface area contributed by atoms with Crippen LogP contribution < -0.4 is 10.5 Å². The number of piperazine rings is 1. The molecule has 2 heterocycles. The summed E-state index contributed by atoms with van der Waals surface area (Å²) in [5, 5.41) is 8.23. The molecule has 7 nitrogen and oxygen atoms in total. The quantitative estimate of drug-likeness (QED) is 0.774. The van der Waals surface area contributed by atoms with Crippen LogP contribution in [-0.2, 0) is 10.0 Å². The zero-order valence-electron chi connectivity index (χ0n) is 10.8. The fourth-order valence-corrected chi connectivity index (χ4v) is 2.85. The molecule has 1 saturated heterocycles. The van der Waals surface area contributed by atoms with Gasteiger partial charge in [-0.15, -0.1) is 0 Å². The molecule has 1 aromatic rings. The summed E-state index contributed by atoms with van der Waals surface area (Å²) in [4.78, 5) is 13.8. The van der Waals surface area contributed by atoms with Gasteiger partial charge < -0.3 is 14.6 Å². The number of hydrogen-bond donors (Lipinski definition) is 2. The summed E-state index contributed by atoms with van der Waals surface area (Å²) in [5.74, 6) is -0.170. The van der Waals surface area contributed by atoms with Crippen LogP contribution in [0.15, 0.2) is 15.4 Å². The minimum Gasteiger partial charge on any atom is -0.455 e. The largest absolute Gasteiger partial charge is 0.455 e. The number of nitrogens with one attached hydrogen (secondary N) is 1. The number of carbonyl (C=O) groups is 1. The molecule has 1 aliphatic rings. The molecule has 0 bridgehead atoms. The van der Waals surface area contributed by atoms with Gasteiger partial charge in [-0.1, -0.05) is 0 Å². The number of rotatable bonds is 2. The molecule has 1 aliphatic heterocycles. The molecule has 2 rings (SSSR count). The van der Waals surface area contributed by atoms with Crippen molar-refractivity contribution in [2.24, 2.45) is 5.14 Å². The van der Waals surface area contributed by atoms with Gasteiger partial charge in [0.05, 0.1) is 0 Å². The van der Waals surface area contributed by atoms with E-state index in [1.165, 1.54) is 13.0 Å². The van der Waals surface area contributed by atoms with Gasteiger partial charge in [-0.25, -0.2) is 13.6 Å². The van der Waals surface area contributed by atoms with E-state index in [4.69, 9.17) is 9.56 Å². The maximum atomic E-state index is 12.3. The normalized spacial score (nSPS) is 20.6. The van der Waals surface area contributed by atoms with Crippen LogP contribution in [0.5, 0.6) is 0 Å². The number of furan rings is 1. The van der Waals surface area contributed by atoms with E-state index < -0.39 is 10.0 Å². The first-order valence-electron chi connectivity index (χ1n) is 5.95. The van der Waals surface area contributed by atoms with Crippen molar-refractivity contribution in [3.05, 3.63) is 17.6 Å². The molecule has 1 aromatic heterocycles. The van der Waals surface area contributed by atoms with E-state index >= 15 is 0 Å². The fraction of sp³-hybridized carbons (Fsp3) is 0.545. The second kappa shape index (κ2) is 4.95. The molecule has 1 unspecified atom stereocenters. The number of sulfonamides is 1. The number of nitrogens with zero attached hydrogens (tertiary/aromatic N) is 1. The summed E-state index contributed by atoms with van der Waals surface area (Å²) in [6.45, 7) is 5.36. The van der Waals surface area contributed by atoms with Crippen molar-refractivity contribution in [3.63, 3.8) is 0 Å². The number of carbonyl (C=O) groups excluding carboxylic acids is 1. The monoisotopic (exact) mass is 287 g/mol. The summed E-state index contributed by atoms with van der Waals surface area (Å²) < 4.78 is 27.9. The van der Waals surface area contributed by atoms with Gasteiger partial charge in [0.15, 0.2) is 5.76 Å².